The highest BCUT2D eigenvalue weighted by Crippen LogP contribution is 2.13. The van der Waals surface area contributed by atoms with Crippen LogP contribution in [-0.2, 0) is 17.9 Å². The van der Waals surface area contributed by atoms with Gasteiger partial charge in [-0.2, -0.15) is 0 Å². The third-order valence-electron chi connectivity index (χ3n) is 4.99. The zero-order chi connectivity index (χ0) is 18.8. The third kappa shape index (κ3) is 6.61. The number of rotatable bonds is 8. The molecule has 0 amide bonds. The zero-order valence-corrected chi connectivity index (χ0v) is 16.9. The van der Waals surface area contributed by atoms with Crippen molar-refractivity contribution < 1.29 is 4.74 Å². The molecule has 0 saturated carbocycles. The fraction of sp³-hybridized carbons (Fsp3) is 0.667. The summed E-state index contributed by atoms with van der Waals surface area (Å²) < 4.78 is 5.72. The van der Waals surface area contributed by atoms with E-state index in [0.29, 0.717) is 18.7 Å². The van der Waals surface area contributed by atoms with E-state index in [4.69, 9.17) is 4.74 Å². The summed E-state index contributed by atoms with van der Waals surface area (Å²) in [6, 6.07) is 9.59. The number of guanidine groups is 1. The second-order valence-corrected chi connectivity index (χ2v) is 7.30. The maximum Gasteiger partial charge on any atom is 0.191 e. The molecule has 5 nitrogen and oxygen atoms in total. The number of nitrogens with zero attached hydrogens (tertiary/aromatic N) is 2. The Morgan fingerprint density at radius 3 is 2.54 bits per heavy atom. The average molecular weight is 361 g/mol. The molecule has 0 aromatic heterocycles. The Hall–Kier alpha value is -1.59. The van der Waals surface area contributed by atoms with Crippen LogP contribution in [0.5, 0.6) is 0 Å². The molecule has 2 rings (SSSR count). The van der Waals surface area contributed by atoms with Crippen molar-refractivity contribution in [2.45, 2.75) is 65.3 Å². The lowest BCUT2D eigenvalue weighted by Crippen LogP contribution is -2.49. The van der Waals surface area contributed by atoms with E-state index in [2.05, 4.69) is 65.6 Å². The predicted octanol–water partition coefficient (Wildman–Crippen LogP) is 3.15. The lowest BCUT2D eigenvalue weighted by atomic mass is 10.0. The Morgan fingerprint density at radius 2 is 1.92 bits per heavy atom. The van der Waals surface area contributed by atoms with Crippen LogP contribution < -0.4 is 10.6 Å². The first-order valence-corrected chi connectivity index (χ1v) is 9.99. The molecule has 0 radical (unpaired) electrons. The lowest BCUT2D eigenvalue weighted by molar-refractivity contribution is 0.121. The second kappa shape index (κ2) is 11.2. The Labute approximate surface area is 159 Å². The van der Waals surface area contributed by atoms with E-state index in [9.17, 15) is 0 Å². The van der Waals surface area contributed by atoms with Crippen molar-refractivity contribution in [3.63, 3.8) is 0 Å². The largest absolute Gasteiger partial charge is 0.377 e. The summed E-state index contributed by atoms with van der Waals surface area (Å²) in [5.74, 6) is 0.886. The topological polar surface area (TPSA) is 48.9 Å². The molecule has 1 heterocycles. The lowest BCUT2D eigenvalue weighted by Gasteiger charge is -2.35. The standard InChI is InChI=1S/C21H36N4O/c1-5-14-26-16-19-9-7-6-8-18(19)15-23-21(22-4)24-20-10-12-25(13-11-20)17(2)3/h6-9,17,20H,5,10-16H2,1-4H3,(H2,22,23,24). The first kappa shape index (κ1) is 20.7. The van der Waals surface area contributed by atoms with Crippen LogP contribution in [0.15, 0.2) is 29.3 Å². The van der Waals surface area contributed by atoms with Crippen LogP contribution in [0.3, 0.4) is 0 Å². The monoisotopic (exact) mass is 360 g/mol. The Kier molecular flexibility index (Phi) is 8.92. The molecule has 0 unspecified atom stereocenters. The van der Waals surface area contributed by atoms with Crippen LogP contribution in [0.1, 0.15) is 51.2 Å². The first-order chi connectivity index (χ1) is 12.6. The molecule has 26 heavy (non-hydrogen) atoms. The van der Waals surface area contributed by atoms with Gasteiger partial charge >= 0.3 is 0 Å². The molecule has 1 saturated heterocycles. The molecule has 0 spiro atoms. The fourth-order valence-electron chi connectivity index (χ4n) is 3.32. The molecule has 0 atom stereocenters. The number of hydrogen-bond donors (Lipinski definition) is 2. The molecular weight excluding hydrogens is 324 g/mol. The van der Waals surface area contributed by atoms with Gasteiger partial charge in [-0.05, 0) is 44.2 Å². The maximum absolute atomic E-state index is 5.72. The highest BCUT2D eigenvalue weighted by molar-refractivity contribution is 5.80. The molecule has 0 bridgehead atoms. The molecular formula is C21H36N4O. The number of piperidine rings is 1. The van der Waals surface area contributed by atoms with Gasteiger partial charge in [-0.1, -0.05) is 31.2 Å². The van der Waals surface area contributed by atoms with Crippen LogP contribution in [0.25, 0.3) is 0 Å². The van der Waals surface area contributed by atoms with E-state index in [1.54, 1.807) is 0 Å². The van der Waals surface area contributed by atoms with Crippen molar-refractivity contribution in [3.05, 3.63) is 35.4 Å². The summed E-state index contributed by atoms with van der Waals surface area (Å²) in [6.07, 6.45) is 3.38. The third-order valence-corrected chi connectivity index (χ3v) is 4.99. The van der Waals surface area contributed by atoms with Gasteiger partial charge in [0.05, 0.1) is 6.61 Å². The molecule has 1 aliphatic heterocycles. The summed E-state index contributed by atoms with van der Waals surface area (Å²) in [5.41, 5.74) is 2.51. The Balaban J connectivity index is 1.82. The van der Waals surface area contributed by atoms with Crippen LogP contribution in [-0.4, -0.2) is 49.7 Å². The molecule has 1 fully saturated rings. The highest BCUT2D eigenvalue weighted by atomic mass is 16.5. The maximum atomic E-state index is 5.72. The van der Waals surface area contributed by atoms with Crippen molar-refractivity contribution >= 4 is 5.96 Å². The molecule has 1 aromatic carbocycles. The SMILES string of the molecule is CCCOCc1ccccc1CNC(=NC)NC1CCN(C(C)C)CC1. The van der Waals surface area contributed by atoms with Gasteiger partial charge in [0.25, 0.3) is 0 Å². The quantitative estimate of drug-likeness (QED) is 0.425. The average Bonchev–Trinajstić information content (AvgIpc) is 2.66. The minimum atomic E-state index is 0.499. The van der Waals surface area contributed by atoms with E-state index in [1.165, 1.54) is 24.0 Å². The van der Waals surface area contributed by atoms with Crippen LogP contribution in [0, 0.1) is 0 Å². The summed E-state index contributed by atoms with van der Waals surface area (Å²) in [5, 5.41) is 7.06. The number of aliphatic imine (C=N–C) groups is 1. The molecule has 1 aliphatic rings. The van der Waals surface area contributed by atoms with Crippen molar-refractivity contribution in [1.82, 2.24) is 15.5 Å². The van der Waals surface area contributed by atoms with Crippen molar-refractivity contribution in [3.8, 4) is 0 Å². The van der Waals surface area contributed by atoms with Crippen LogP contribution in [0.4, 0.5) is 0 Å². The molecule has 1 aromatic rings. The van der Waals surface area contributed by atoms with E-state index < -0.39 is 0 Å². The molecule has 5 heteroatoms. The van der Waals surface area contributed by atoms with Crippen molar-refractivity contribution in [1.29, 1.82) is 0 Å². The van der Waals surface area contributed by atoms with Gasteiger partial charge < -0.3 is 20.3 Å². The molecule has 2 N–H and O–H groups in total. The fourth-order valence-corrected chi connectivity index (χ4v) is 3.32. The minimum absolute atomic E-state index is 0.499. The van der Waals surface area contributed by atoms with Crippen molar-refractivity contribution in [2.24, 2.45) is 4.99 Å². The smallest absolute Gasteiger partial charge is 0.191 e. The van der Waals surface area contributed by atoms with E-state index >= 15 is 0 Å². The summed E-state index contributed by atoms with van der Waals surface area (Å²) in [6.45, 7) is 11.2. The first-order valence-electron chi connectivity index (χ1n) is 9.99. The van der Waals surface area contributed by atoms with Gasteiger partial charge in [-0.25, -0.2) is 0 Å². The number of hydrogen-bond acceptors (Lipinski definition) is 3. The van der Waals surface area contributed by atoms with Crippen LogP contribution in [0.2, 0.25) is 0 Å². The highest BCUT2D eigenvalue weighted by Gasteiger charge is 2.21. The number of nitrogens with one attached hydrogen (secondary N) is 2. The number of benzene rings is 1. The molecule has 146 valence electrons. The predicted molar refractivity (Wildman–Crippen MR) is 109 cm³/mol. The van der Waals surface area contributed by atoms with Gasteiger partial charge in [0.15, 0.2) is 5.96 Å². The Bertz CT molecular complexity index is 551. The van der Waals surface area contributed by atoms with Gasteiger partial charge in [0.2, 0.25) is 0 Å². The second-order valence-electron chi connectivity index (χ2n) is 7.30. The summed E-state index contributed by atoms with van der Waals surface area (Å²) in [4.78, 5) is 6.95. The summed E-state index contributed by atoms with van der Waals surface area (Å²) >= 11 is 0. The van der Waals surface area contributed by atoms with E-state index in [0.717, 1.165) is 38.6 Å². The minimum Gasteiger partial charge on any atom is -0.377 e. The van der Waals surface area contributed by atoms with Gasteiger partial charge in [0, 0.05) is 45.4 Å². The van der Waals surface area contributed by atoms with E-state index in [1.807, 2.05) is 7.05 Å². The van der Waals surface area contributed by atoms with Crippen molar-refractivity contribution in [2.75, 3.05) is 26.7 Å². The number of likely N-dealkylation sites (tertiary alicyclic amines) is 1. The van der Waals surface area contributed by atoms with Gasteiger partial charge in [0.1, 0.15) is 0 Å². The zero-order valence-electron chi connectivity index (χ0n) is 16.9. The molecule has 0 aliphatic carbocycles. The van der Waals surface area contributed by atoms with Gasteiger partial charge in [-0.3, -0.25) is 4.99 Å². The summed E-state index contributed by atoms with van der Waals surface area (Å²) in [7, 11) is 1.84. The van der Waals surface area contributed by atoms with E-state index in [-0.39, 0.29) is 0 Å². The normalized spacial score (nSPS) is 16.9. The van der Waals surface area contributed by atoms with Crippen LogP contribution >= 0.6 is 0 Å². The number of ether oxygens (including phenoxy) is 1. The Morgan fingerprint density at radius 1 is 1.23 bits per heavy atom. The van der Waals surface area contributed by atoms with Gasteiger partial charge in [-0.15, -0.1) is 0 Å².